The summed E-state index contributed by atoms with van der Waals surface area (Å²) in [5.41, 5.74) is -0.701. The Hall–Kier alpha value is -1.30. The molecule has 0 aromatic rings. The van der Waals surface area contributed by atoms with Crippen LogP contribution in [0.2, 0.25) is 0 Å². The molecular weight excluding hydrogens is 272 g/mol. The largest absolute Gasteiger partial charge is 0.481 e. The van der Waals surface area contributed by atoms with Gasteiger partial charge in [-0.3, -0.25) is 4.79 Å². The van der Waals surface area contributed by atoms with Crippen LogP contribution in [0.1, 0.15) is 39.0 Å². The summed E-state index contributed by atoms with van der Waals surface area (Å²) in [5.74, 6) is -0.626. The van der Waals surface area contributed by atoms with Gasteiger partial charge in [0.25, 0.3) is 0 Å². The summed E-state index contributed by atoms with van der Waals surface area (Å²) >= 11 is 0. The van der Waals surface area contributed by atoms with Crippen LogP contribution >= 0.6 is 0 Å². The standard InChI is InChI=1S/C15H24N2O4/c1-2-12-11(5-7-21-12)16-14(20)17-8-10-4-3-6-15(10,9-17)13(18)19/h10-12H,2-9H2,1H3,(H,16,20)(H,18,19)/t10-,11+,12-,15+/m0/s1. The molecule has 4 atom stereocenters. The van der Waals surface area contributed by atoms with Crippen molar-refractivity contribution in [3.05, 3.63) is 0 Å². The number of carbonyl (C=O) groups is 2. The fraction of sp³-hybridized carbons (Fsp3) is 0.867. The summed E-state index contributed by atoms with van der Waals surface area (Å²) in [4.78, 5) is 25.8. The van der Waals surface area contributed by atoms with Gasteiger partial charge in [0.2, 0.25) is 0 Å². The number of hydrogen-bond acceptors (Lipinski definition) is 3. The molecular formula is C15H24N2O4. The number of carboxylic acid groups (broad SMARTS) is 1. The van der Waals surface area contributed by atoms with Gasteiger partial charge >= 0.3 is 12.0 Å². The third-order valence-electron chi connectivity index (χ3n) is 5.50. The van der Waals surface area contributed by atoms with E-state index < -0.39 is 11.4 Å². The highest BCUT2D eigenvalue weighted by Crippen LogP contribution is 2.48. The summed E-state index contributed by atoms with van der Waals surface area (Å²) in [6.07, 6.45) is 4.38. The Morgan fingerprint density at radius 1 is 1.43 bits per heavy atom. The third-order valence-corrected chi connectivity index (χ3v) is 5.50. The minimum Gasteiger partial charge on any atom is -0.481 e. The van der Waals surface area contributed by atoms with Gasteiger partial charge in [-0.25, -0.2) is 4.79 Å². The molecule has 3 fully saturated rings. The number of hydrogen-bond donors (Lipinski definition) is 2. The van der Waals surface area contributed by atoms with Gasteiger partial charge < -0.3 is 20.1 Å². The van der Waals surface area contributed by atoms with Crippen molar-refractivity contribution in [1.29, 1.82) is 0 Å². The number of urea groups is 1. The van der Waals surface area contributed by atoms with Gasteiger partial charge in [0.15, 0.2) is 0 Å². The number of fused-ring (bicyclic) bond motifs is 1. The number of carbonyl (C=O) groups excluding carboxylic acids is 1. The van der Waals surface area contributed by atoms with Crippen LogP contribution in [-0.2, 0) is 9.53 Å². The van der Waals surface area contributed by atoms with E-state index in [0.717, 1.165) is 25.7 Å². The second-order valence-corrected chi connectivity index (χ2v) is 6.59. The van der Waals surface area contributed by atoms with Crippen LogP contribution in [0, 0.1) is 11.3 Å². The molecule has 2 heterocycles. The second-order valence-electron chi connectivity index (χ2n) is 6.59. The molecule has 0 aromatic heterocycles. The lowest BCUT2D eigenvalue weighted by molar-refractivity contribution is -0.149. The van der Waals surface area contributed by atoms with Crippen LogP contribution in [0.5, 0.6) is 0 Å². The van der Waals surface area contributed by atoms with E-state index in [1.807, 2.05) is 0 Å². The molecule has 2 aliphatic heterocycles. The summed E-state index contributed by atoms with van der Waals surface area (Å²) in [6.45, 7) is 3.66. The van der Waals surface area contributed by atoms with E-state index in [2.05, 4.69) is 12.2 Å². The molecule has 21 heavy (non-hydrogen) atoms. The van der Waals surface area contributed by atoms with E-state index in [9.17, 15) is 14.7 Å². The first-order chi connectivity index (χ1) is 10.1. The number of rotatable bonds is 3. The van der Waals surface area contributed by atoms with Crippen LogP contribution in [0.15, 0.2) is 0 Å². The van der Waals surface area contributed by atoms with Gasteiger partial charge in [0.1, 0.15) is 0 Å². The van der Waals surface area contributed by atoms with Crippen molar-refractivity contribution >= 4 is 12.0 Å². The highest BCUT2D eigenvalue weighted by atomic mass is 16.5. The zero-order valence-corrected chi connectivity index (χ0v) is 12.5. The van der Waals surface area contributed by atoms with E-state index in [1.54, 1.807) is 4.90 Å². The van der Waals surface area contributed by atoms with Gasteiger partial charge in [-0.1, -0.05) is 13.3 Å². The van der Waals surface area contributed by atoms with Crippen LogP contribution in [0.4, 0.5) is 4.79 Å². The Balaban J connectivity index is 1.63. The van der Waals surface area contributed by atoms with Crippen LogP contribution in [-0.4, -0.2) is 53.8 Å². The molecule has 0 radical (unpaired) electrons. The molecule has 1 aliphatic carbocycles. The maximum atomic E-state index is 12.4. The highest BCUT2D eigenvalue weighted by molar-refractivity contribution is 5.80. The monoisotopic (exact) mass is 296 g/mol. The molecule has 0 bridgehead atoms. The molecule has 6 nitrogen and oxygen atoms in total. The lowest BCUT2D eigenvalue weighted by Crippen LogP contribution is -2.48. The molecule has 6 heteroatoms. The van der Waals surface area contributed by atoms with E-state index in [4.69, 9.17) is 4.74 Å². The first-order valence-electron chi connectivity index (χ1n) is 7.97. The van der Waals surface area contributed by atoms with E-state index in [0.29, 0.717) is 26.1 Å². The average Bonchev–Trinajstić information content (AvgIpc) is 3.10. The Morgan fingerprint density at radius 2 is 2.24 bits per heavy atom. The van der Waals surface area contributed by atoms with Gasteiger partial charge in [0.05, 0.1) is 17.6 Å². The predicted octanol–water partition coefficient (Wildman–Crippen LogP) is 1.45. The van der Waals surface area contributed by atoms with Crippen molar-refractivity contribution in [1.82, 2.24) is 10.2 Å². The molecule has 0 unspecified atom stereocenters. The minimum atomic E-state index is -0.740. The fourth-order valence-electron chi connectivity index (χ4n) is 4.26. The fourth-order valence-corrected chi connectivity index (χ4v) is 4.26. The smallest absolute Gasteiger partial charge is 0.317 e. The Kier molecular flexibility index (Phi) is 3.82. The second kappa shape index (κ2) is 5.48. The maximum Gasteiger partial charge on any atom is 0.317 e. The van der Waals surface area contributed by atoms with Crippen LogP contribution in [0.25, 0.3) is 0 Å². The lowest BCUT2D eigenvalue weighted by atomic mass is 9.81. The molecule has 2 N–H and O–H groups in total. The molecule has 2 saturated heterocycles. The first kappa shape index (κ1) is 14.6. The Bertz CT molecular complexity index is 441. The number of likely N-dealkylation sites (tertiary alicyclic amines) is 1. The lowest BCUT2D eigenvalue weighted by Gasteiger charge is -2.25. The van der Waals surface area contributed by atoms with E-state index in [1.165, 1.54) is 0 Å². The van der Waals surface area contributed by atoms with E-state index in [-0.39, 0.29) is 24.1 Å². The molecule has 3 aliphatic rings. The zero-order chi connectivity index (χ0) is 15.0. The number of nitrogens with one attached hydrogen (secondary N) is 1. The van der Waals surface area contributed by atoms with Gasteiger partial charge in [0, 0.05) is 19.7 Å². The minimum absolute atomic E-state index is 0.0590. The summed E-state index contributed by atoms with van der Waals surface area (Å²) in [6, 6.07) is -0.0670. The third kappa shape index (κ3) is 2.39. The zero-order valence-electron chi connectivity index (χ0n) is 12.5. The number of aliphatic carboxylic acids is 1. The van der Waals surface area contributed by atoms with Crippen molar-refractivity contribution in [3.63, 3.8) is 0 Å². The molecule has 3 rings (SSSR count). The van der Waals surface area contributed by atoms with Crippen molar-refractivity contribution in [2.75, 3.05) is 19.7 Å². The Morgan fingerprint density at radius 3 is 2.90 bits per heavy atom. The van der Waals surface area contributed by atoms with Crippen molar-refractivity contribution in [2.24, 2.45) is 11.3 Å². The molecule has 118 valence electrons. The highest BCUT2D eigenvalue weighted by Gasteiger charge is 2.56. The molecule has 2 amide bonds. The quantitative estimate of drug-likeness (QED) is 0.826. The molecule has 1 saturated carbocycles. The number of ether oxygens (including phenoxy) is 1. The summed E-state index contributed by atoms with van der Waals surface area (Å²) in [5, 5.41) is 12.6. The van der Waals surface area contributed by atoms with Crippen molar-refractivity contribution < 1.29 is 19.4 Å². The van der Waals surface area contributed by atoms with Gasteiger partial charge in [-0.2, -0.15) is 0 Å². The number of amides is 2. The van der Waals surface area contributed by atoms with Crippen LogP contribution < -0.4 is 5.32 Å². The Labute approximate surface area is 124 Å². The van der Waals surface area contributed by atoms with Gasteiger partial charge in [-0.15, -0.1) is 0 Å². The predicted molar refractivity (Wildman–Crippen MR) is 76.0 cm³/mol. The van der Waals surface area contributed by atoms with Crippen molar-refractivity contribution in [2.45, 2.75) is 51.2 Å². The van der Waals surface area contributed by atoms with Crippen LogP contribution in [0.3, 0.4) is 0 Å². The average molecular weight is 296 g/mol. The van der Waals surface area contributed by atoms with Crippen molar-refractivity contribution in [3.8, 4) is 0 Å². The first-order valence-corrected chi connectivity index (χ1v) is 7.97. The van der Waals surface area contributed by atoms with Gasteiger partial charge in [-0.05, 0) is 31.6 Å². The number of carboxylic acids is 1. The maximum absolute atomic E-state index is 12.4. The van der Waals surface area contributed by atoms with E-state index >= 15 is 0 Å². The number of nitrogens with zero attached hydrogens (tertiary/aromatic N) is 1. The topological polar surface area (TPSA) is 78.9 Å². The summed E-state index contributed by atoms with van der Waals surface area (Å²) < 4.78 is 5.58. The molecule has 0 spiro atoms. The molecule has 0 aromatic carbocycles. The summed E-state index contributed by atoms with van der Waals surface area (Å²) in [7, 11) is 0. The SMILES string of the molecule is CC[C@@H]1OCC[C@H]1NC(=O)N1C[C@@H]2CCC[C@@]2(C(=O)O)C1. The normalized spacial score (nSPS) is 38.5.